The van der Waals surface area contributed by atoms with E-state index in [1.54, 1.807) is 6.92 Å². The number of alkyl halides is 3. The van der Waals surface area contributed by atoms with E-state index in [1.165, 1.54) is 0 Å². The van der Waals surface area contributed by atoms with Crippen LogP contribution in [0.2, 0.25) is 0 Å². The summed E-state index contributed by atoms with van der Waals surface area (Å²) in [4.78, 5) is 10.8. The number of carbonyl (C=O) groups excluding carboxylic acids is 1. The van der Waals surface area contributed by atoms with Gasteiger partial charge in [-0.2, -0.15) is 13.2 Å². The van der Waals surface area contributed by atoms with Crippen LogP contribution in [-0.2, 0) is 9.53 Å². The van der Waals surface area contributed by atoms with Crippen LogP contribution in [-0.4, -0.2) is 30.2 Å². The number of allylic oxidation sites excluding steroid dienone is 2. The van der Waals surface area contributed by atoms with E-state index in [-0.39, 0.29) is 12.3 Å². The molecule has 0 radical (unpaired) electrons. The lowest BCUT2D eigenvalue weighted by Crippen LogP contribution is -2.19. The number of hydrogen-bond acceptors (Lipinski definition) is 4. The minimum absolute atomic E-state index is 0.147. The molecule has 0 saturated heterocycles. The van der Waals surface area contributed by atoms with Gasteiger partial charge in [0.1, 0.15) is 5.71 Å². The number of halogens is 3. The summed E-state index contributed by atoms with van der Waals surface area (Å²) in [6.45, 7) is 1.73. The molecule has 0 heterocycles. The maximum Gasteiger partial charge on any atom is 0.432 e. The maximum absolute atomic E-state index is 11.8. The second-order valence-corrected chi connectivity index (χ2v) is 2.75. The van der Waals surface area contributed by atoms with Gasteiger partial charge >= 0.3 is 12.1 Å². The fraction of sp³-hybridized carbons (Fsp3) is 0.444. The summed E-state index contributed by atoms with van der Waals surface area (Å²) in [5.41, 5.74) is -1.91. The molecule has 0 saturated carbocycles. The average molecular weight is 236 g/mol. The minimum atomic E-state index is -4.74. The van der Waals surface area contributed by atoms with E-state index in [9.17, 15) is 18.0 Å². The Morgan fingerprint density at radius 1 is 1.31 bits per heavy atom. The van der Waals surface area contributed by atoms with Gasteiger partial charge in [0.2, 0.25) is 0 Å². The Morgan fingerprint density at radius 3 is 2.31 bits per heavy atom. The highest BCUT2D eigenvalue weighted by atomic mass is 19.4. The fourth-order valence-electron chi connectivity index (χ4n) is 0.705. The monoisotopic (exact) mass is 236 g/mol. The van der Waals surface area contributed by atoms with Crippen LogP contribution in [0.1, 0.15) is 13.3 Å². The first kappa shape index (κ1) is 14.3. The van der Waals surface area contributed by atoms with E-state index in [1.807, 2.05) is 0 Å². The van der Waals surface area contributed by atoms with E-state index in [0.29, 0.717) is 6.08 Å². The van der Waals surface area contributed by atoms with Crippen LogP contribution in [0.15, 0.2) is 12.2 Å². The van der Waals surface area contributed by atoms with E-state index in [2.05, 4.69) is 4.74 Å². The molecule has 0 aromatic heterocycles. The highest BCUT2D eigenvalue weighted by molar-refractivity contribution is 6.08. The number of carbonyl (C=O) groups is 1. The van der Waals surface area contributed by atoms with Crippen LogP contribution in [0.3, 0.4) is 0 Å². The summed E-state index contributed by atoms with van der Waals surface area (Å²) in [6.07, 6.45) is -3.95. The molecule has 0 bridgehead atoms. The van der Waals surface area contributed by atoms with Crippen molar-refractivity contribution in [2.75, 3.05) is 6.61 Å². The highest BCUT2D eigenvalue weighted by Crippen LogP contribution is 2.16. The second-order valence-electron chi connectivity index (χ2n) is 2.75. The molecule has 4 nitrogen and oxygen atoms in total. The predicted octanol–water partition coefficient (Wildman–Crippen LogP) is 2.10. The molecule has 2 N–H and O–H groups in total. The van der Waals surface area contributed by atoms with Crippen molar-refractivity contribution in [1.29, 1.82) is 10.8 Å². The first-order valence-corrected chi connectivity index (χ1v) is 4.34. The van der Waals surface area contributed by atoms with Crippen LogP contribution >= 0.6 is 0 Å². The van der Waals surface area contributed by atoms with E-state index in [0.717, 1.165) is 6.08 Å². The molecule has 0 spiro atoms. The lowest BCUT2D eigenvalue weighted by molar-refractivity contribution is -0.141. The van der Waals surface area contributed by atoms with Gasteiger partial charge in [-0.05, 0) is 19.1 Å². The Hall–Kier alpha value is -1.66. The zero-order valence-electron chi connectivity index (χ0n) is 8.52. The molecule has 7 heteroatoms. The van der Waals surface area contributed by atoms with Crippen LogP contribution in [0.5, 0.6) is 0 Å². The largest absolute Gasteiger partial charge is 0.466 e. The lowest BCUT2D eigenvalue weighted by atomic mass is 10.2. The third-order valence-corrected chi connectivity index (χ3v) is 1.40. The molecule has 0 atom stereocenters. The summed E-state index contributed by atoms with van der Waals surface area (Å²) < 4.78 is 40.0. The van der Waals surface area contributed by atoms with Crippen molar-refractivity contribution in [3.8, 4) is 0 Å². The SMILES string of the molecule is CCOC(=O)CC(=N)/C=C\C(=N)C(F)(F)F. The first-order valence-electron chi connectivity index (χ1n) is 4.34. The Morgan fingerprint density at radius 2 is 1.88 bits per heavy atom. The first-order chi connectivity index (χ1) is 7.27. The quantitative estimate of drug-likeness (QED) is 0.566. The number of hydrogen-bond donors (Lipinski definition) is 2. The van der Waals surface area contributed by atoms with Gasteiger partial charge in [0.05, 0.1) is 13.0 Å². The third kappa shape index (κ3) is 5.94. The summed E-state index contributed by atoms with van der Waals surface area (Å²) in [5, 5.41) is 13.7. The van der Waals surface area contributed by atoms with Crippen LogP contribution in [0.25, 0.3) is 0 Å². The van der Waals surface area contributed by atoms with Gasteiger partial charge in [-0.3, -0.25) is 10.2 Å². The van der Waals surface area contributed by atoms with Crippen LogP contribution in [0.4, 0.5) is 13.2 Å². The molecule has 0 aliphatic heterocycles. The van der Waals surface area contributed by atoms with E-state index in [4.69, 9.17) is 10.8 Å². The molecule has 0 aromatic carbocycles. The van der Waals surface area contributed by atoms with Gasteiger partial charge in [-0.25, -0.2) is 0 Å². The molecule has 0 fully saturated rings. The Bertz CT molecular complexity index is 321. The number of ether oxygens (including phenoxy) is 1. The summed E-state index contributed by atoms with van der Waals surface area (Å²) in [5.74, 6) is -0.685. The van der Waals surface area contributed by atoms with Gasteiger partial charge in [0.25, 0.3) is 0 Å². The standard InChI is InChI=1S/C9H11F3N2O2/c1-2-16-8(15)5-6(13)3-4-7(14)9(10,11)12/h3-4,13-14H,2,5H2,1H3/b4-3-,13-6?,14-7?. The van der Waals surface area contributed by atoms with Crippen LogP contribution < -0.4 is 0 Å². The zero-order chi connectivity index (χ0) is 12.8. The smallest absolute Gasteiger partial charge is 0.432 e. The van der Waals surface area contributed by atoms with Crippen molar-refractivity contribution in [2.45, 2.75) is 19.5 Å². The Kier molecular flexibility index (Phi) is 5.41. The van der Waals surface area contributed by atoms with Gasteiger partial charge in [-0.1, -0.05) is 0 Å². The molecule has 16 heavy (non-hydrogen) atoms. The average Bonchev–Trinajstić information content (AvgIpc) is 2.12. The maximum atomic E-state index is 11.8. The minimum Gasteiger partial charge on any atom is -0.466 e. The Labute approximate surface area is 90.1 Å². The number of esters is 1. The van der Waals surface area contributed by atoms with Gasteiger partial charge < -0.3 is 10.1 Å². The normalized spacial score (nSPS) is 11.5. The molecule has 90 valence electrons. The summed E-state index contributed by atoms with van der Waals surface area (Å²) in [7, 11) is 0. The molecule has 0 aliphatic rings. The molecule has 0 aromatic rings. The third-order valence-electron chi connectivity index (χ3n) is 1.40. The molecule has 0 amide bonds. The van der Waals surface area contributed by atoms with Crippen molar-refractivity contribution >= 4 is 17.4 Å². The van der Waals surface area contributed by atoms with E-state index < -0.39 is 24.3 Å². The lowest BCUT2D eigenvalue weighted by Gasteiger charge is -2.03. The Balaban J connectivity index is 4.21. The molecule has 0 rings (SSSR count). The van der Waals surface area contributed by atoms with Crippen molar-refractivity contribution in [3.05, 3.63) is 12.2 Å². The molecule has 0 unspecified atom stereocenters. The molecular weight excluding hydrogens is 225 g/mol. The van der Waals surface area contributed by atoms with Gasteiger partial charge in [-0.15, -0.1) is 0 Å². The van der Waals surface area contributed by atoms with Gasteiger partial charge in [0.15, 0.2) is 0 Å². The second kappa shape index (κ2) is 6.04. The zero-order valence-corrected chi connectivity index (χ0v) is 8.52. The van der Waals surface area contributed by atoms with Crippen molar-refractivity contribution in [2.24, 2.45) is 0 Å². The highest BCUT2D eigenvalue weighted by Gasteiger charge is 2.32. The molecule has 0 aliphatic carbocycles. The summed E-state index contributed by atoms with van der Waals surface area (Å²) >= 11 is 0. The number of rotatable bonds is 5. The number of nitrogens with one attached hydrogen (secondary N) is 2. The molecular formula is C9H11F3N2O2. The summed E-state index contributed by atoms with van der Waals surface area (Å²) in [6, 6.07) is 0. The van der Waals surface area contributed by atoms with E-state index >= 15 is 0 Å². The van der Waals surface area contributed by atoms with Crippen LogP contribution in [0, 0.1) is 10.8 Å². The van der Waals surface area contributed by atoms with Crippen molar-refractivity contribution in [1.82, 2.24) is 0 Å². The topological polar surface area (TPSA) is 74.0 Å². The van der Waals surface area contributed by atoms with Crippen molar-refractivity contribution < 1.29 is 22.7 Å². The van der Waals surface area contributed by atoms with Gasteiger partial charge in [0, 0.05) is 5.71 Å². The van der Waals surface area contributed by atoms with Crippen molar-refractivity contribution in [3.63, 3.8) is 0 Å². The predicted molar refractivity (Wildman–Crippen MR) is 51.9 cm³/mol. The fourth-order valence-corrected chi connectivity index (χ4v) is 0.705.